The molecule has 18 aromatic rings. The van der Waals surface area contributed by atoms with Crippen molar-refractivity contribution < 1.29 is 0 Å². The molecule has 0 radical (unpaired) electrons. The minimum absolute atomic E-state index is 0.0175. The Morgan fingerprint density at radius 3 is 1.41 bits per heavy atom. The summed E-state index contributed by atoms with van der Waals surface area (Å²) in [5, 5.41) is 15.5. The summed E-state index contributed by atoms with van der Waals surface area (Å²) < 4.78 is 7.06. The number of hydrogen-bond donors (Lipinski definition) is 0. The summed E-state index contributed by atoms with van der Waals surface area (Å²) in [6.45, 7) is 14.1. The van der Waals surface area contributed by atoms with E-state index in [4.69, 9.17) is 15.0 Å². The van der Waals surface area contributed by atoms with E-state index in [1.54, 1.807) is 0 Å². The molecule has 3 aliphatic carbocycles. The Labute approximate surface area is 556 Å². The quantitative estimate of drug-likeness (QED) is 0.177. The molecule has 3 aliphatic rings. The summed E-state index contributed by atoms with van der Waals surface area (Å²) in [4.78, 5) is 14.3. The minimum atomic E-state index is -0.0951. The van der Waals surface area contributed by atoms with Crippen molar-refractivity contribution in [2.75, 3.05) is 0 Å². The molecule has 0 bridgehead atoms. The molecule has 0 aliphatic heterocycles. The van der Waals surface area contributed by atoms with Crippen LogP contribution in [0.4, 0.5) is 0 Å². The highest BCUT2D eigenvalue weighted by Crippen LogP contribution is 2.58. The zero-order chi connectivity index (χ0) is 64.3. The number of pyridine rings is 3. The van der Waals surface area contributed by atoms with E-state index in [2.05, 4.69) is 310 Å². The number of nitrogens with zero attached hydrogens (tertiary/aromatic N) is 6. The van der Waals surface area contributed by atoms with Crippen LogP contribution in [0.25, 0.3) is 149 Å². The molecule has 6 heteroatoms. The van der Waals surface area contributed by atoms with Crippen LogP contribution in [0.3, 0.4) is 0 Å². The van der Waals surface area contributed by atoms with Gasteiger partial charge in [0.25, 0.3) is 0 Å². The third kappa shape index (κ3) is 7.84. The summed E-state index contributed by atoms with van der Waals surface area (Å²) in [7, 11) is 0. The number of para-hydroxylation sites is 1. The molecule has 12 aromatic carbocycles. The predicted molar refractivity (Wildman–Crippen MR) is 401 cm³/mol. The summed E-state index contributed by atoms with van der Waals surface area (Å²) in [6.07, 6.45) is 5.64. The first-order valence-corrected chi connectivity index (χ1v) is 33.5. The van der Waals surface area contributed by atoms with Crippen molar-refractivity contribution in [2.24, 2.45) is 0 Å². The molecule has 0 N–H and O–H groups in total. The van der Waals surface area contributed by atoms with E-state index >= 15 is 0 Å². The molecule has 0 saturated carbocycles. The first-order valence-electron chi connectivity index (χ1n) is 33.5. The maximum absolute atomic E-state index is 4.79. The summed E-state index contributed by atoms with van der Waals surface area (Å²) in [5.74, 6) is 2.87. The molecule has 456 valence electrons. The Morgan fingerprint density at radius 2 is 0.740 bits per heavy atom. The van der Waals surface area contributed by atoms with Crippen LogP contribution in [0.2, 0.25) is 0 Å². The SMILES string of the molecule is CC1(C)c2ccccc2-c2c1c1c3ccccc3n(-c3ccccn3)c1c1ccccc21.CC1(C)c2ccccc2-c2cc3c(cc21)c1cc2ccccc2cc1n3-c1ccccn1.CC1(C)c2ccccc2-c2ccc3c4c5ccccc5ccc4n(-c4ccccn4)c3c21. The molecule has 6 heterocycles. The third-order valence-electron chi connectivity index (χ3n) is 21.6. The van der Waals surface area contributed by atoms with Gasteiger partial charge in [0.15, 0.2) is 0 Å². The second kappa shape index (κ2) is 20.6. The van der Waals surface area contributed by atoms with Gasteiger partial charge in [-0.1, -0.05) is 242 Å². The fourth-order valence-corrected chi connectivity index (χ4v) is 17.4. The second-order valence-corrected chi connectivity index (χ2v) is 27.8. The van der Waals surface area contributed by atoms with Crippen molar-refractivity contribution in [1.82, 2.24) is 28.7 Å². The lowest BCUT2D eigenvalue weighted by Crippen LogP contribution is -2.16. The van der Waals surface area contributed by atoms with Gasteiger partial charge in [-0.25, -0.2) is 15.0 Å². The molecule has 21 rings (SSSR count). The molecule has 96 heavy (non-hydrogen) atoms. The smallest absolute Gasteiger partial charge is 0.137 e. The van der Waals surface area contributed by atoms with Crippen molar-refractivity contribution in [3.05, 3.63) is 325 Å². The van der Waals surface area contributed by atoms with E-state index in [0.717, 1.165) is 17.5 Å². The predicted octanol–water partition coefficient (Wildman–Crippen LogP) is 22.9. The molecule has 0 fully saturated rings. The molecular formula is C90H66N6. The van der Waals surface area contributed by atoms with E-state index in [-0.39, 0.29) is 16.2 Å². The number of benzene rings is 12. The van der Waals surface area contributed by atoms with Crippen LogP contribution in [0.15, 0.2) is 292 Å². The summed E-state index contributed by atoms with van der Waals surface area (Å²) >= 11 is 0. The van der Waals surface area contributed by atoms with Crippen LogP contribution in [0.5, 0.6) is 0 Å². The van der Waals surface area contributed by atoms with Gasteiger partial charge in [-0.3, -0.25) is 13.7 Å². The lowest BCUT2D eigenvalue weighted by molar-refractivity contribution is 0.661. The van der Waals surface area contributed by atoms with Crippen molar-refractivity contribution in [1.29, 1.82) is 0 Å². The Morgan fingerprint density at radius 1 is 0.250 bits per heavy atom. The number of rotatable bonds is 3. The molecule has 6 aromatic heterocycles. The van der Waals surface area contributed by atoms with Gasteiger partial charge in [0.2, 0.25) is 0 Å². The molecular weight excluding hydrogens is 1170 g/mol. The van der Waals surface area contributed by atoms with Gasteiger partial charge in [-0.15, -0.1) is 0 Å². The molecule has 0 spiro atoms. The highest BCUT2D eigenvalue weighted by molar-refractivity contribution is 6.26. The number of fused-ring (bicyclic) bond motifs is 26. The van der Waals surface area contributed by atoms with Gasteiger partial charge in [0.1, 0.15) is 17.5 Å². The fraction of sp³-hybridized carbons (Fsp3) is 0.100. The van der Waals surface area contributed by atoms with E-state index in [0.29, 0.717) is 0 Å². The van der Waals surface area contributed by atoms with E-state index in [1.807, 2.05) is 36.8 Å². The molecule has 6 nitrogen and oxygen atoms in total. The molecule has 0 unspecified atom stereocenters. The van der Waals surface area contributed by atoms with Crippen LogP contribution in [-0.4, -0.2) is 28.7 Å². The van der Waals surface area contributed by atoms with Gasteiger partial charge in [0, 0.05) is 72.5 Å². The lowest BCUT2D eigenvalue weighted by Gasteiger charge is -2.23. The van der Waals surface area contributed by atoms with Crippen LogP contribution in [-0.2, 0) is 16.2 Å². The standard InChI is InChI=1S/3C30H22N2/c1-30(2)23-15-7-5-13-21(23)26-19-11-3-4-12-20(19)29-27(28(26)30)22-14-6-8-16-24(22)32(29)25-17-9-10-18-31-25;1-30(2)24-12-6-5-11-21(24)22-15-16-23-27-20-10-4-3-9-19(20)14-17-25(27)32(29(23)28(22)30)26-13-7-8-18-31-26;1-30(2)25-12-6-5-11-21(25)22-18-28-24(17-26(22)30)23-15-19-9-3-4-10-20(19)16-27(23)32(28)29-13-7-8-14-31-29/h3*3-18H,1-2H3. The Kier molecular flexibility index (Phi) is 12.0. The van der Waals surface area contributed by atoms with Crippen LogP contribution in [0.1, 0.15) is 74.9 Å². The van der Waals surface area contributed by atoms with Crippen molar-refractivity contribution in [2.45, 2.75) is 57.8 Å². The third-order valence-corrected chi connectivity index (χ3v) is 21.6. The van der Waals surface area contributed by atoms with Gasteiger partial charge in [-0.05, 0) is 166 Å². The van der Waals surface area contributed by atoms with Crippen molar-refractivity contribution >= 4 is 97.7 Å². The Bertz CT molecular complexity index is 6280. The lowest BCUT2D eigenvalue weighted by atomic mass is 9.79. The molecule has 0 saturated heterocycles. The average molecular weight is 1230 g/mol. The van der Waals surface area contributed by atoms with E-state index in [1.165, 1.54) is 164 Å². The Balaban J connectivity index is 0.000000102. The first-order chi connectivity index (χ1) is 47.0. The van der Waals surface area contributed by atoms with Gasteiger partial charge in [0.05, 0.1) is 33.1 Å². The van der Waals surface area contributed by atoms with Crippen molar-refractivity contribution in [3.8, 4) is 50.8 Å². The average Bonchev–Trinajstić information content (AvgIpc) is 1.57. The molecule has 0 amide bonds. The number of aromatic nitrogens is 6. The fourth-order valence-electron chi connectivity index (χ4n) is 17.4. The second-order valence-electron chi connectivity index (χ2n) is 27.8. The summed E-state index contributed by atoms with van der Waals surface area (Å²) in [6, 6.07) is 98.6. The van der Waals surface area contributed by atoms with Crippen LogP contribution in [0, 0.1) is 0 Å². The largest absolute Gasteiger partial charge is 0.294 e. The van der Waals surface area contributed by atoms with Crippen molar-refractivity contribution in [3.63, 3.8) is 0 Å². The summed E-state index contributed by atoms with van der Waals surface area (Å²) in [5.41, 5.74) is 23.7. The molecule has 0 atom stereocenters. The van der Waals surface area contributed by atoms with Gasteiger partial charge >= 0.3 is 0 Å². The van der Waals surface area contributed by atoms with E-state index in [9.17, 15) is 0 Å². The van der Waals surface area contributed by atoms with Crippen LogP contribution >= 0.6 is 0 Å². The maximum Gasteiger partial charge on any atom is 0.137 e. The van der Waals surface area contributed by atoms with E-state index < -0.39 is 0 Å². The Hall–Kier alpha value is -11.7. The van der Waals surface area contributed by atoms with Gasteiger partial charge < -0.3 is 0 Å². The zero-order valence-electron chi connectivity index (χ0n) is 54.4. The number of hydrogen-bond acceptors (Lipinski definition) is 3. The zero-order valence-corrected chi connectivity index (χ0v) is 54.4. The maximum atomic E-state index is 4.79. The highest BCUT2D eigenvalue weighted by Gasteiger charge is 2.42. The normalized spacial score (nSPS) is 14.2. The van der Waals surface area contributed by atoms with Gasteiger partial charge in [-0.2, -0.15) is 0 Å². The topological polar surface area (TPSA) is 53.5 Å². The monoisotopic (exact) mass is 1230 g/mol. The highest BCUT2D eigenvalue weighted by atomic mass is 15.1. The van der Waals surface area contributed by atoms with Crippen LogP contribution < -0.4 is 0 Å². The first kappa shape index (κ1) is 55.9. The minimum Gasteiger partial charge on any atom is -0.294 e.